The fourth-order valence-electron chi connectivity index (χ4n) is 4.24. The van der Waals surface area contributed by atoms with Crippen LogP contribution in [0.5, 0.6) is 34.5 Å². The van der Waals surface area contributed by atoms with Crippen LogP contribution >= 0.6 is 0 Å². The van der Waals surface area contributed by atoms with E-state index < -0.39 is 0 Å². The molecule has 6 nitrogen and oxygen atoms in total. The average Bonchev–Trinajstić information content (AvgIpc) is 2.89. The van der Waals surface area contributed by atoms with Crippen molar-refractivity contribution in [2.24, 2.45) is 0 Å². The summed E-state index contributed by atoms with van der Waals surface area (Å²) in [5.74, 6) is 4.87. The number of aryl methyl sites for hydroxylation is 4. The zero-order chi connectivity index (χ0) is 23.9. The molecule has 0 amide bonds. The molecule has 1 heterocycles. The summed E-state index contributed by atoms with van der Waals surface area (Å²) in [5, 5.41) is 0. The van der Waals surface area contributed by atoms with E-state index in [4.69, 9.17) is 28.4 Å². The summed E-state index contributed by atoms with van der Waals surface area (Å²) in [6, 6.07) is 16.3. The van der Waals surface area contributed by atoms with Crippen molar-refractivity contribution in [1.82, 2.24) is 0 Å². The van der Waals surface area contributed by atoms with Crippen molar-refractivity contribution in [2.45, 2.75) is 25.7 Å². The molecule has 0 fully saturated rings. The maximum Gasteiger partial charge on any atom is 0.161 e. The second kappa shape index (κ2) is 11.1. The molecule has 1 aliphatic heterocycles. The van der Waals surface area contributed by atoms with Gasteiger partial charge in [-0.3, -0.25) is 0 Å². The van der Waals surface area contributed by atoms with Crippen molar-refractivity contribution in [3.05, 3.63) is 70.8 Å². The summed E-state index contributed by atoms with van der Waals surface area (Å²) in [7, 11) is 6.73. The van der Waals surface area contributed by atoms with Crippen molar-refractivity contribution in [3.8, 4) is 34.5 Å². The Hall–Kier alpha value is -3.54. The van der Waals surface area contributed by atoms with E-state index in [9.17, 15) is 0 Å². The van der Waals surface area contributed by atoms with E-state index in [2.05, 4.69) is 18.2 Å². The lowest BCUT2D eigenvalue weighted by molar-refractivity contribution is 0.171. The van der Waals surface area contributed by atoms with E-state index in [1.165, 1.54) is 5.56 Å². The minimum atomic E-state index is 0.589. The predicted molar refractivity (Wildman–Crippen MR) is 131 cm³/mol. The molecule has 0 aromatic heterocycles. The number of benzene rings is 3. The van der Waals surface area contributed by atoms with Gasteiger partial charge in [-0.1, -0.05) is 6.07 Å². The second-order valence-corrected chi connectivity index (χ2v) is 8.17. The number of ether oxygens (including phenoxy) is 6. The van der Waals surface area contributed by atoms with E-state index in [1.807, 2.05) is 30.3 Å². The van der Waals surface area contributed by atoms with Gasteiger partial charge in [-0.15, -0.1) is 0 Å². The number of hydrogen-bond acceptors (Lipinski definition) is 6. The van der Waals surface area contributed by atoms with Gasteiger partial charge in [0.15, 0.2) is 11.5 Å². The summed E-state index contributed by atoms with van der Waals surface area (Å²) in [6.45, 7) is 1.19. The first-order valence-corrected chi connectivity index (χ1v) is 11.5. The standard InChI is InChI=1S/C28H32O6/c1-29-23-13-20(14-24(17-23)30-2)6-9-22-16-21(26(31-3)18-27(22)32-4)8-5-19-7-10-25-28(15-19)34-12-11-33-25/h7,10,13-18H,5-6,8-9,11-12H2,1-4H3. The van der Waals surface area contributed by atoms with Gasteiger partial charge in [0.2, 0.25) is 0 Å². The number of rotatable bonds is 10. The van der Waals surface area contributed by atoms with Gasteiger partial charge in [0.1, 0.15) is 36.2 Å². The first-order chi connectivity index (χ1) is 16.6. The Labute approximate surface area is 201 Å². The highest BCUT2D eigenvalue weighted by Gasteiger charge is 2.15. The van der Waals surface area contributed by atoms with Gasteiger partial charge in [-0.05, 0) is 78.3 Å². The fraction of sp³-hybridized carbons (Fsp3) is 0.357. The van der Waals surface area contributed by atoms with E-state index in [-0.39, 0.29) is 0 Å². The normalized spacial score (nSPS) is 12.2. The summed E-state index contributed by atoms with van der Waals surface area (Å²) in [6.07, 6.45) is 3.36. The summed E-state index contributed by atoms with van der Waals surface area (Å²) < 4.78 is 33.6. The smallest absolute Gasteiger partial charge is 0.161 e. The van der Waals surface area contributed by atoms with Crippen LogP contribution in [-0.2, 0) is 25.7 Å². The number of fused-ring (bicyclic) bond motifs is 1. The SMILES string of the molecule is COc1cc(CCc2cc(CCc3ccc4c(c3)OCCO4)c(OC)cc2OC)cc(OC)c1. The molecule has 0 spiro atoms. The van der Waals surface area contributed by atoms with Gasteiger partial charge in [0.25, 0.3) is 0 Å². The molecular formula is C28H32O6. The molecule has 1 aliphatic rings. The third-order valence-electron chi connectivity index (χ3n) is 6.07. The maximum atomic E-state index is 5.73. The molecule has 0 aliphatic carbocycles. The Morgan fingerprint density at radius 2 is 1.15 bits per heavy atom. The minimum absolute atomic E-state index is 0.589. The van der Waals surface area contributed by atoms with Crippen LogP contribution in [0.4, 0.5) is 0 Å². The Morgan fingerprint density at radius 3 is 1.74 bits per heavy atom. The van der Waals surface area contributed by atoms with E-state index in [1.54, 1.807) is 28.4 Å². The van der Waals surface area contributed by atoms with Gasteiger partial charge in [0.05, 0.1) is 28.4 Å². The third kappa shape index (κ3) is 5.50. The van der Waals surface area contributed by atoms with Crippen LogP contribution in [0.1, 0.15) is 22.3 Å². The van der Waals surface area contributed by atoms with Crippen LogP contribution in [0.15, 0.2) is 48.5 Å². The van der Waals surface area contributed by atoms with E-state index in [0.717, 1.165) is 76.9 Å². The lowest BCUT2D eigenvalue weighted by atomic mass is 9.97. The Kier molecular flexibility index (Phi) is 7.68. The molecule has 6 heteroatoms. The lowest BCUT2D eigenvalue weighted by Gasteiger charge is -2.19. The molecule has 3 aromatic carbocycles. The van der Waals surface area contributed by atoms with Crippen LogP contribution in [0.2, 0.25) is 0 Å². The molecule has 4 rings (SSSR count). The fourth-order valence-corrected chi connectivity index (χ4v) is 4.24. The van der Waals surface area contributed by atoms with Crippen LogP contribution < -0.4 is 28.4 Å². The van der Waals surface area contributed by atoms with Gasteiger partial charge < -0.3 is 28.4 Å². The molecule has 3 aromatic rings. The molecule has 180 valence electrons. The molecule has 34 heavy (non-hydrogen) atoms. The largest absolute Gasteiger partial charge is 0.497 e. The van der Waals surface area contributed by atoms with E-state index in [0.29, 0.717) is 13.2 Å². The summed E-state index contributed by atoms with van der Waals surface area (Å²) in [4.78, 5) is 0. The minimum Gasteiger partial charge on any atom is -0.497 e. The van der Waals surface area contributed by atoms with Crippen molar-refractivity contribution in [2.75, 3.05) is 41.7 Å². The molecule has 0 bridgehead atoms. The summed E-state index contributed by atoms with van der Waals surface area (Å²) >= 11 is 0. The van der Waals surface area contributed by atoms with Crippen LogP contribution in [-0.4, -0.2) is 41.7 Å². The van der Waals surface area contributed by atoms with Crippen molar-refractivity contribution in [3.63, 3.8) is 0 Å². The zero-order valence-electron chi connectivity index (χ0n) is 20.3. The lowest BCUT2D eigenvalue weighted by Crippen LogP contribution is -2.15. The van der Waals surface area contributed by atoms with Crippen LogP contribution in [0.25, 0.3) is 0 Å². The maximum absolute atomic E-state index is 5.73. The summed E-state index contributed by atoms with van der Waals surface area (Å²) in [5.41, 5.74) is 4.64. The van der Waals surface area contributed by atoms with Gasteiger partial charge in [-0.25, -0.2) is 0 Å². The molecule has 0 radical (unpaired) electrons. The van der Waals surface area contributed by atoms with Gasteiger partial charge in [0, 0.05) is 12.1 Å². The van der Waals surface area contributed by atoms with Gasteiger partial charge in [-0.2, -0.15) is 0 Å². The molecule has 0 unspecified atom stereocenters. The number of hydrogen-bond donors (Lipinski definition) is 0. The second-order valence-electron chi connectivity index (χ2n) is 8.17. The topological polar surface area (TPSA) is 55.4 Å². The Morgan fingerprint density at radius 1 is 0.559 bits per heavy atom. The first kappa shape index (κ1) is 23.6. The van der Waals surface area contributed by atoms with Crippen LogP contribution in [0.3, 0.4) is 0 Å². The van der Waals surface area contributed by atoms with Gasteiger partial charge >= 0.3 is 0 Å². The van der Waals surface area contributed by atoms with Crippen molar-refractivity contribution >= 4 is 0 Å². The third-order valence-corrected chi connectivity index (χ3v) is 6.07. The molecule has 0 atom stereocenters. The molecular weight excluding hydrogens is 432 g/mol. The monoisotopic (exact) mass is 464 g/mol. The Balaban J connectivity index is 1.52. The average molecular weight is 465 g/mol. The van der Waals surface area contributed by atoms with Crippen LogP contribution in [0, 0.1) is 0 Å². The first-order valence-electron chi connectivity index (χ1n) is 11.5. The molecule has 0 N–H and O–H groups in total. The van der Waals surface area contributed by atoms with Crippen molar-refractivity contribution < 1.29 is 28.4 Å². The highest BCUT2D eigenvalue weighted by molar-refractivity contribution is 5.49. The quantitative estimate of drug-likeness (QED) is 0.418. The van der Waals surface area contributed by atoms with Crippen molar-refractivity contribution in [1.29, 1.82) is 0 Å². The highest BCUT2D eigenvalue weighted by Crippen LogP contribution is 2.34. The zero-order valence-corrected chi connectivity index (χ0v) is 20.3. The van der Waals surface area contributed by atoms with E-state index >= 15 is 0 Å². The highest BCUT2D eigenvalue weighted by atomic mass is 16.6. The molecule has 0 saturated carbocycles. The Bertz CT molecular complexity index is 1100. The molecule has 0 saturated heterocycles. The predicted octanol–water partition coefficient (Wildman–Crippen LogP) is 5.06. The number of methoxy groups -OCH3 is 4.